The number of nitrogens with two attached hydrogens (primary N) is 1. The van der Waals surface area contributed by atoms with Crippen LogP contribution in [0.2, 0.25) is 0 Å². The number of carbonyl (C=O) groups excluding carboxylic acids is 1. The van der Waals surface area contributed by atoms with Gasteiger partial charge in [-0.2, -0.15) is 0 Å². The third kappa shape index (κ3) is 4.32. The van der Waals surface area contributed by atoms with Crippen LogP contribution in [-0.2, 0) is 9.59 Å². The van der Waals surface area contributed by atoms with Gasteiger partial charge in [-0.1, -0.05) is 0 Å². The molecule has 20 heavy (non-hydrogen) atoms. The zero-order valence-electron chi connectivity index (χ0n) is 10.3. The quantitative estimate of drug-likeness (QED) is 0.607. The van der Waals surface area contributed by atoms with E-state index >= 15 is 0 Å². The highest BCUT2D eigenvalue weighted by Gasteiger charge is 2.17. The SMILES string of the molecule is NC(CCC(=O)O)C(=O)Nc1cc(C(=O)O)ccc1F. The van der Waals surface area contributed by atoms with Gasteiger partial charge in [0.1, 0.15) is 5.82 Å². The average Bonchev–Trinajstić information content (AvgIpc) is 2.37. The molecule has 0 bridgehead atoms. The summed E-state index contributed by atoms with van der Waals surface area (Å²) in [7, 11) is 0. The highest BCUT2D eigenvalue weighted by molar-refractivity contribution is 5.96. The van der Waals surface area contributed by atoms with Gasteiger partial charge in [-0.15, -0.1) is 0 Å². The lowest BCUT2D eigenvalue weighted by atomic mass is 10.1. The number of hydrogen-bond donors (Lipinski definition) is 4. The van der Waals surface area contributed by atoms with E-state index in [4.69, 9.17) is 15.9 Å². The van der Waals surface area contributed by atoms with E-state index in [1.54, 1.807) is 0 Å². The number of carboxylic acid groups (broad SMARTS) is 2. The van der Waals surface area contributed by atoms with Crippen molar-refractivity contribution < 1.29 is 29.0 Å². The Morgan fingerprint density at radius 1 is 1.30 bits per heavy atom. The third-order valence-electron chi connectivity index (χ3n) is 2.48. The molecule has 0 heterocycles. The molecule has 1 aromatic rings. The van der Waals surface area contributed by atoms with Crippen LogP contribution in [0.25, 0.3) is 0 Å². The first-order valence-corrected chi connectivity index (χ1v) is 5.62. The predicted molar refractivity (Wildman–Crippen MR) is 66.8 cm³/mol. The molecule has 0 aromatic heterocycles. The second-order valence-electron chi connectivity index (χ2n) is 4.03. The molecule has 1 amide bonds. The van der Waals surface area contributed by atoms with Crippen LogP contribution in [0, 0.1) is 5.82 Å². The van der Waals surface area contributed by atoms with E-state index in [0.717, 1.165) is 18.2 Å². The molecule has 0 aliphatic heterocycles. The lowest BCUT2D eigenvalue weighted by Crippen LogP contribution is -2.36. The lowest BCUT2D eigenvalue weighted by Gasteiger charge is -2.12. The van der Waals surface area contributed by atoms with Gasteiger partial charge in [-0.05, 0) is 24.6 Å². The summed E-state index contributed by atoms with van der Waals surface area (Å²) in [5.41, 5.74) is 4.93. The van der Waals surface area contributed by atoms with Gasteiger partial charge in [0.2, 0.25) is 5.91 Å². The maximum Gasteiger partial charge on any atom is 0.335 e. The van der Waals surface area contributed by atoms with E-state index in [-0.39, 0.29) is 24.1 Å². The molecule has 8 heteroatoms. The maximum absolute atomic E-state index is 13.4. The third-order valence-corrected chi connectivity index (χ3v) is 2.48. The fraction of sp³-hybridized carbons (Fsp3) is 0.250. The molecule has 0 aliphatic carbocycles. The minimum absolute atomic E-state index is 0.110. The van der Waals surface area contributed by atoms with E-state index in [2.05, 4.69) is 5.32 Å². The molecular formula is C12H13FN2O5. The molecule has 0 spiro atoms. The number of halogens is 1. The minimum atomic E-state index is -1.27. The molecule has 1 atom stereocenters. The van der Waals surface area contributed by atoms with Crippen molar-refractivity contribution >= 4 is 23.5 Å². The van der Waals surface area contributed by atoms with Gasteiger partial charge >= 0.3 is 11.9 Å². The van der Waals surface area contributed by atoms with Crippen molar-refractivity contribution in [1.82, 2.24) is 0 Å². The first-order valence-electron chi connectivity index (χ1n) is 5.62. The van der Waals surface area contributed by atoms with Crippen LogP contribution in [-0.4, -0.2) is 34.1 Å². The molecule has 0 saturated carbocycles. The van der Waals surface area contributed by atoms with E-state index in [0.29, 0.717) is 0 Å². The van der Waals surface area contributed by atoms with Crippen LogP contribution < -0.4 is 11.1 Å². The molecule has 1 unspecified atom stereocenters. The summed E-state index contributed by atoms with van der Waals surface area (Å²) in [6.45, 7) is 0. The fourth-order valence-electron chi connectivity index (χ4n) is 1.39. The second-order valence-corrected chi connectivity index (χ2v) is 4.03. The Kier molecular flexibility index (Phi) is 5.15. The highest BCUT2D eigenvalue weighted by atomic mass is 19.1. The van der Waals surface area contributed by atoms with Gasteiger partial charge in [0.05, 0.1) is 17.3 Å². The largest absolute Gasteiger partial charge is 0.481 e. The van der Waals surface area contributed by atoms with E-state index in [1.807, 2.05) is 0 Å². The summed E-state index contributed by atoms with van der Waals surface area (Å²) in [5.74, 6) is -3.97. The number of nitrogens with one attached hydrogen (secondary N) is 1. The van der Waals surface area contributed by atoms with Crippen molar-refractivity contribution in [3.05, 3.63) is 29.6 Å². The highest BCUT2D eigenvalue weighted by Crippen LogP contribution is 2.16. The lowest BCUT2D eigenvalue weighted by molar-refractivity contribution is -0.137. The van der Waals surface area contributed by atoms with Crippen molar-refractivity contribution in [3.8, 4) is 0 Å². The van der Waals surface area contributed by atoms with E-state index in [1.165, 1.54) is 0 Å². The molecule has 1 aromatic carbocycles. The Hall–Kier alpha value is -2.48. The zero-order valence-corrected chi connectivity index (χ0v) is 10.3. The number of rotatable bonds is 6. The van der Waals surface area contributed by atoms with Crippen LogP contribution in [0.3, 0.4) is 0 Å². The number of carboxylic acids is 2. The molecular weight excluding hydrogens is 271 g/mol. The Balaban J connectivity index is 2.77. The van der Waals surface area contributed by atoms with Crippen molar-refractivity contribution in [3.63, 3.8) is 0 Å². The molecule has 1 rings (SSSR count). The number of benzene rings is 1. The number of anilines is 1. The van der Waals surface area contributed by atoms with Crippen LogP contribution in [0.5, 0.6) is 0 Å². The molecule has 0 aliphatic rings. The number of aliphatic carboxylic acids is 1. The first kappa shape index (κ1) is 15.6. The molecule has 0 saturated heterocycles. The summed E-state index contributed by atoms with van der Waals surface area (Å²) in [6.07, 6.45) is -0.409. The van der Waals surface area contributed by atoms with Crippen molar-refractivity contribution in [2.75, 3.05) is 5.32 Å². The molecule has 0 radical (unpaired) electrons. The monoisotopic (exact) mass is 284 g/mol. The van der Waals surface area contributed by atoms with Gasteiger partial charge in [0.15, 0.2) is 0 Å². The molecule has 0 fully saturated rings. The molecule has 108 valence electrons. The van der Waals surface area contributed by atoms with Crippen molar-refractivity contribution in [2.24, 2.45) is 5.73 Å². The summed E-state index contributed by atoms with van der Waals surface area (Å²) in [6, 6.07) is 1.79. The van der Waals surface area contributed by atoms with Crippen LogP contribution >= 0.6 is 0 Å². The van der Waals surface area contributed by atoms with Crippen LogP contribution in [0.4, 0.5) is 10.1 Å². The Bertz CT molecular complexity index is 547. The summed E-state index contributed by atoms with van der Waals surface area (Å²) >= 11 is 0. The summed E-state index contributed by atoms with van der Waals surface area (Å²) < 4.78 is 13.4. The van der Waals surface area contributed by atoms with Gasteiger partial charge in [-0.3, -0.25) is 9.59 Å². The molecule has 7 nitrogen and oxygen atoms in total. The Labute approximate surface area is 113 Å². The number of aromatic carboxylic acids is 1. The number of hydrogen-bond acceptors (Lipinski definition) is 4. The average molecular weight is 284 g/mol. The second kappa shape index (κ2) is 6.62. The topological polar surface area (TPSA) is 130 Å². The van der Waals surface area contributed by atoms with Gasteiger partial charge in [-0.25, -0.2) is 9.18 Å². The maximum atomic E-state index is 13.4. The van der Waals surface area contributed by atoms with E-state index in [9.17, 15) is 18.8 Å². The van der Waals surface area contributed by atoms with Crippen molar-refractivity contribution in [1.29, 1.82) is 0 Å². The number of carbonyl (C=O) groups is 3. The Morgan fingerprint density at radius 2 is 1.95 bits per heavy atom. The first-order chi connectivity index (χ1) is 9.31. The normalized spacial score (nSPS) is 11.7. The van der Waals surface area contributed by atoms with Crippen LogP contribution in [0.15, 0.2) is 18.2 Å². The molecule has 5 N–H and O–H groups in total. The van der Waals surface area contributed by atoms with Crippen LogP contribution in [0.1, 0.15) is 23.2 Å². The number of amides is 1. The summed E-state index contributed by atoms with van der Waals surface area (Å²) in [4.78, 5) is 32.7. The fourth-order valence-corrected chi connectivity index (χ4v) is 1.39. The van der Waals surface area contributed by atoms with Gasteiger partial charge in [0.25, 0.3) is 0 Å². The smallest absolute Gasteiger partial charge is 0.335 e. The van der Waals surface area contributed by atoms with E-state index < -0.39 is 29.7 Å². The van der Waals surface area contributed by atoms with Gasteiger partial charge < -0.3 is 21.3 Å². The van der Waals surface area contributed by atoms with Gasteiger partial charge in [0, 0.05) is 6.42 Å². The standard InChI is InChI=1S/C12H13FN2O5/c13-7-2-1-6(12(19)20)5-9(7)15-11(18)8(14)3-4-10(16)17/h1-2,5,8H,3-4,14H2,(H,15,18)(H,16,17)(H,19,20). The minimum Gasteiger partial charge on any atom is -0.481 e. The van der Waals surface area contributed by atoms with Crippen molar-refractivity contribution in [2.45, 2.75) is 18.9 Å². The zero-order chi connectivity index (χ0) is 15.3. The Morgan fingerprint density at radius 3 is 2.50 bits per heavy atom. The predicted octanol–water partition coefficient (Wildman–Crippen LogP) is 0.655. The summed E-state index contributed by atoms with van der Waals surface area (Å²) in [5, 5.41) is 19.4.